The van der Waals surface area contributed by atoms with Gasteiger partial charge in [-0.2, -0.15) is 0 Å². The van der Waals surface area contributed by atoms with Gasteiger partial charge in [0.2, 0.25) is 0 Å². The highest BCUT2D eigenvalue weighted by atomic mass is 16.7. The molecule has 2 heterocycles. The fourth-order valence-electron chi connectivity index (χ4n) is 8.99. The van der Waals surface area contributed by atoms with Crippen molar-refractivity contribution in [3.63, 3.8) is 0 Å². The molecule has 12 atom stereocenters. The smallest absolute Gasteiger partial charge is 0.335 e. The van der Waals surface area contributed by atoms with Gasteiger partial charge in [-0.25, -0.2) is 4.79 Å². The molecule has 9 nitrogen and oxygen atoms in total. The van der Waals surface area contributed by atoms with E-state index in [1.54, 1.807) is 6.26 Å². The van der Waals surface area contributed by atoms with Crippen LogP contribution in [0.15, 0.2) is 39.3 Å². The minimum atomic E-state index is -1.63. The fourth-order valence-corrected chi connectivity index (χ4v) is 8.99. The molecule has 7 unspecified atom stereocenters. The molecule has 4 fully saturated rings. The molecule has 0 bridgehead atoms. The third kappa shape index (κ3) is 3.81. The molecule has 0 spiro atoms. The molecule has 1 aliphatic heterocycles. The monoisotopic (exact) mass is 532 g/mol. The van der Waals surface area contributed by atoms with E-state index in [1.165, 1.54) is 11.6 Å². The Morgan fingerprint density at radius 1 is 0.921 bits per heavy atom. The molecule has 5 aliphatic rings. The molecule has 5 N–H and O–H groups in total. The summed E-state index contributed by atoms with van der Waals surface area (Å²) in [5.74, 6) is 0.666. The van der Waals surface area contributed by atoms with E-state index in [2.05, 4.69) is 19.9 Å². The molecule has 210 valence electrons. The lowest BCUT2D eigenvalue weighted by molar-refractivity contribution is -0.345. The lowest BCUT2D eigenvalue weighted by Crippen LogP contribution is -2.60. The zero-order valence-electron chi connectivity index (χ0n) is 22.0. The van der Waals surface area contributed by atoms with Crippen molar-refractivity contribution in [2.24, 2.45) is 22.7 Å². The van der Waals surface area contributed by atoms with Crippen molar-refractivity contribution < 1.29 is 39.4 Å². The van der Waals surface area contributed by atoms with Crippen molar-refractivity contribution in [2.75, 3.05) is 0 Å². The van der Waals surface area contributed by atoms with Crippen LogP contribution in [0.4, 0.5) is 0 Å². The number of fused-ring (bicyclic) bond motifs is 5. The van der Waals surface area contributed by atoms with Gasteiger partial charge >= 0.3 is 5.63 Å². The second-order valence-electron chi connectivity index (χ2n) is 12.8. The first-order valence-corrected chi connectivity index (χ1v) is 14.0. The van der Waals surface area contributed by atoms with Gasteiger partial charge < -0.3 is 39.4 Å². The second kappa shape index (κ2) is 9.23. The summed E-state index contributed by atoms with van der Waals surface area (Å²) in [4.78, 5) is 11.5. The number of aliphatic hydroxyl groups is 5. The van der Waals surface area contributed by atoms with Crippen LogP contribution in [0.25, 0.3) is 0 Å². The van der Waals surface area contributed by atoms with E-state index in [9.17, 15) is 30.3 Å². The van der Waals surface area contributed by atoms with Gasteiger partial charge in [-0.3, -0.25) is 0 Å². The fraction of sp³-hybridized carbons (Fsp3) is 0.759. The third-order valence-electron chi connectivity index (χ3n) is 11.2. The van der Waals surface area contributed by atoms with Crippen LogP contribution in [0, 0.1) is 22.7 Å². The quantitative estimate of drug-likeness (QED) is 0.368. The Kier molecular flexibility index (Phi) is 6.46. The van der Waals surface area contributed by atoms with Crippen LogP contribution in [0.3, 0.4) is 0 Å². The van der Waals surface area contributed by atoms with Crippen molar-refractivity contribution in [3.8, 4) is 0 Å². The Labute approximate surface area is 222 Å². The average Bonchev–Trinajstić information content (AvgIpc) is 3.18. The number of allylic oxidation sites excluding steroid dienone is 1. The molecule has 1 saturated heterocycles. The molecule has 3 saturated carbocycles. The molecule has 6 rings (SSSR count). The van der Waals surface area contributed by atoms with Gasteiger partial charge in [0.25, 0.3) is 0 Å². The minimum absolute atomic E-state index is 0.0707. The van der Waals surface area contributed by atoms with Crippen molar-refractivity contribution in [1.82, 2.24) is 0 Å². The van der Waals surface area contributed by atoms with Gasteiger partial charge in [-0.15, -0.1) is 0 Å². The SMILES string of the molecule is C[C@]12CC[C@H](OC3OC(O)C(O)C(O)C3O)C=C1CCC1C2CC[C@]2(C)[C@@H](c3ccc(=O)oc3)CC[C@]12O. The molecule has 1 aromatic rings. The Hall–Kier alpha value is -1.59. The van der Waals surface area contributed by atoms with E-state index < -0.39 is 36.5 Å². The summed E-state index contributed by atoms with van der Waals surface area (Å²) in [5.41, 5.74) is 0.797. The van der Waals surface area contributed by atoms with Crippen molar-refractivity contribution in [2.45, 2.75) is 114 Å². The largest absolute Gasteiger partial charge is 0.431 e. The highest BCUT2D eigenvalue weighted by Crippen LogP contribution is 2.70. The molecular formula is C29H40O9. The lowest BCUT2D eigenvalue weighted by atomic mass is 9.45. The van der Waals surface area contributed by atoms with E-state index in [1.807, 2.05) is 6.07 Å². The predicted molar refractivity (Wildman–Crippen MR) is 135 cm³/mol. The highest BCUT2D eigenvalue weighted by molar-refractivity contribution is 5.31. The van der Waals surface area contributed by atoms with E-state index >= 15 is 0 Å². The Bertz CT molecular complexity index is 1130. The van der Waals surface area contributed by atoms with Crippen LogP contribution in [-0.2, 0) is 9.47 Å². The third-order valence-corrected chi connectivity index (χ3v) is 11.2. The van der Waals surface area contributed by atoms with Crippen LogP contribution >= 0.6 is 0 Å². The van der Waals surface area contributed by atoms with Gasteiger partial charge in [0.15, 0.2) is 12.6 Å². The molecular weight excluding hydrogens is 492 g/mol. The summed E-state index contributed by atoms with van der Waals surface area (Å²) in [6.07, 6.45) is 2.67. The van der Waals surface area contributed by atoms with Crippen molar-refractivity contribution in [3.05, 3.63) is 46.0 Å². The topological polar surface area (TPSA) is 150 Å². The van der Waals surface area contributed by atoms with Gasteiger partial charge in [-0.1, -0.05) is 25.5 Å². The molecule has 4 aliphatic carbocycles. The summed E-state index contributed by atoms with van der Waals surface area (Å²) >= 11 is 0. The predicted octanol–water partition coefficient (Wildman–Crippen LogP) is 1.94. The zero-order valence-corrected chi connectivity index (χ0v) is 22.0. The summed E-state index contributed by atoms with van der Waals surface area (Å²) in [6, 6.07) is 3.33. The minimum Gasteiger partial charge on any atom is -0.431 e. The van der Waals surface area contributed by atoms with Crippen molar-refractivity contribution >= 4 is 0 Å². The number of hydrogen-bond acceptors (Lipinski definition) is 9. The first kappa shape index (κ1) is 26.6. The van der Waals surface area contributed by atoms with Crippen LogP contribution < -0.4 is 5.63 Å². The summed E-state index contributed by atoms with van der Waals surface area (Å²) in [5, 5.41) is 52.3. The second-order valence-corrected chi connectivity index (χ2v) is 12.8. The molecule has 0 amide bonds. The number of rotatable bonds is 3. The lowest BCUT2D eigenvalue weighted by Gasteiger charge is -2.62. The van der Waals surface area contributed by atoms with Gasteiger partial charge in [0.05, 0.1) is 18.0 Å². The van der Waals surface area contributed by atoms with Crippen LogP contribution in [0.2, 0.25) is 0 Å². The standard InChI is InChI=1S/C29H40O9/c1-27-10-7-17(37-26-24(33)22(31)23(32)25(34)38-26)13-16(27)4-5-20-19(27)8-11-28(2)18(9-12-29(20,28)35)15-3-6-21(30)36-14-15/h3,6,13-14,17-20,22-26,31-35H,4-5,7-12H2,1-2H3/t17-,18+,19?,20?,22?,23?,24?,25?,26?,27-,28+,29-/m0/s1. The van der Waals surface area contributed by atoms with Crippen LogP contribution in [0.5, 0.6) is 0 Å². The number of hydrogen-bond donors (Lipinski definition) is 5. The van der Waals surface area contributed by atoms with Gasteiger partial charge in [-0.05, 0) is 86.2 Å². The first-order valence-electron chi connectivity index (χ1n) is 14.0. The maximum atomic E-state index is 12.4. The normalized spacial score (nSPS) is 50.5. The summed E-state index contributed by atoms with van der Waals surface area (Å²) in [7, 11) is 0. The molecule has 0 aromatic carbocycles. The molecule has 9 heteroatoms. The van der Waals surface area contributed by atoms with E-state index in [-0.39, 0.29) is 34.4 Å². The Morgan fingerprint density at radius 3 is 2.45 bits per heavy atom. The maximum absolute atomic E-state index is 12.4. The number of ether oxygens (including phenoxy) is 2. The Morgan fingerprint density at radius 2 is 1.71 bits per heavy atom. The van der Waals surface area contributed by atoms with Crippen LogP contribution in [0.1, 0.15) is 76.7 Å². The number of aliphatic hydroxyl groups excluding tert-OH is 4. The highest BCUT2D eigenvalue weighted by Gasteiger charge is 2.66. The van der Waals surface area contributed by atoms with Gasteiger partial charge in [0, 0.05) is 11.5 Å². The van der Waals surface area contributed by atoms with Crippen molar-refractivity contribution in [1.29, 1.82) is 0 Å². The summed E-state index contributed by atoms with van der Waals surface area (Å²) < 4.78 is 16.4. The Balaban J connectivity index is 1.21. The zero-order chi connectivity index (χ0) is 27.0. The molecule has 0 radical (unpaired) electrons. The molecule has 38 heavy (non-hydrogen) atoms. The summed E-state index contributed by atoms with van der Waals surface area (Å²) in [6.45, 7) is 4.53. The first-order chi connectivity index (χ1) is 18.0. The average molecular weight is 533 g/mol. The van der Waals surface area contributed by atoms with Crippen LogP contribution in [-0.4, -0.2) is 68.1 Å². The van der Waals surface area contributed by atoms with Gasteiger partial charge in [0.1, 0.15) is 18.3 Å². The maximum Gasteiger partial charge on any atom is 0.335 e. The molecule has 1 aromatic heterocycles. The van der Waals surface area contributed by atoms with E-state index in [0.29, 0.717) is 12.3 Å². The van der Waals surface area contributed by atoms with E-state index in [4.69, 9.17) is 13.9 Å². The van der Waals surface area contributed by atoms with E-state index in [0.717, 1.165) is 50.5 Å².